The zero-order valence-electron chi connectivity index (χ0n) is 8.48. The van der Waals surface area contributed by atoms with Crippen LogP contribution in [-0.2, 0) is 0 Å². The van der Waals surface area contributed by atoms with Crippen LogP contribution in [-0.4, -0.2) is 5.17 Å². The summed E-state index contributed by atoms with van der Waals surface area (Å²) in [4.78, 5) is 4.28. The molecule has 70 valence electrons. The van der Waals surface area contributed by atoms with E-state index in [4.69, 9.17) is 11.6 Å². The predicted octanol–water partition coefficient (Wildman–Crippen LogP) is 3.90. The molecule has 0 radical (unpaired) electrons. The molecule has 0 aromatic heterocycles. The lowest BCUT2D eigenvalue weighted by atomic mass is 10.1. The van der Waals surface area contributed by atoms with E-state index in [2.05, 4.69) is 37.9 Å². The molecular weight excluding hydrogens is 182 g/mol. The molecular formula is C11H14ClN. The van der Waals surface area contributed by atoms with Gasteiger partial charge in [-0.2, -0.15) is 0 Å². The molecule has 1 aromatic rings. The molecule has 0 aliphatic rings. The van der Waals surface area contributed by atoms with Crippen LogP contribution in [0.4, 0.5) is 5.69 Å². The summed E-state index contributed by atoms with van der Waals surface area (Å²) in [6.07, 6.45) is 0. The normalized spacial score (nSPS) is 11.9. The molecule has 0 bridgehead atoms. The third-order valence-electron chi connectivity index (χ3n) is 1.90. The fourth-order valence-corrected chi connectivity index (χ4v) is 1.59. The summed E-state index contributed by atoms with van der Waals surface area (Å²) in [5.74, 6) is 0. The summed E-state index contributed by atoms with van der Waals surface area (Å²) in [5.41, 5.74) is 4.62. The fraction of sp³-hybridized carbons (Fsp3) is 0.364. The first-order chi connectivity index (χ1) is 6.00. The van der Waals surface area contributed by atoms with Gasteiger partial charge in [0.2, 0.25) is 0 Å². The number of nitrogens with zero attached hydrogens (tertiary/aromatic N) is 1. The number of halogens is 1. The van der Waals surface area contributed by atoms with Gasteiger partial charge in [-0.3, -0.25) is 0 Å². The molecule has 0 saturated carbocycles. The zero-order chi connectivity index (χ0) is 10.0. The molecule has 0 atom stereocenters. The van der Waals surface area contributed by atoms with Crippen LogP contribution in [0.2, 0.25) is 0 Å². The topological polar surface area (TPSA) is 12.4 Å². The van der Waals surface area contributed by atoms with Crippen molar-refractivity contribution in [3.63, 3.8) is 0 Å². The third kappa shape index (κ3) is 2.56. The second kappa shape index (κ2) is 3.93. The molecule has 13 heavy (non-hydrogen) atoms. The standard InChI is InChI=1S/C11H14ClN/c1-7-5-8(2)11(9(3)6-7)13-10(4)12/h5-6H,1-4H3. The average molecular weight is 196 g/mol. The van der Waals surface area contributed by atoms with Gasteiger partial charge >= 0.3 is 0 Å². The highest BCUT2D eigenvalue weighted by atomic mass is 35.5. The average Bonchev–Trinajstić information content (AvgIpc) is 1.96. The molecule has 0 saturated heterocycles. The Kier molecular flexibility index (Phi) is 3.10. The molecule has 1 rings (SSSR count). The number of benzene rings is 1. The van der Waals surface area contributed by atoms with Crippen molar-refractivity contribution in [1.29, 1.82) is 0 Å². The molecule has 0 spiro atoms. The minimum Gasteiger partial charge on any atom is -0.241 e. The van der Waals surface area contributed by atoms with Crippen molar-refractivity contribution in [3.8, 4) is 0 Å². The Morgan fingerprint density at radius 3 is 2.00 bits per heavy atom. The largest absolute Gasteiger partial charge is 0.241 e. The summed E-state index contributed by atoms with van der Waals surface area (Å²) in [7, 11) is 0. The fourth-order valence-electron chi connectivity index (χ4n) is 1.50. The summed E-state index contributed by atoms with van der Waals surface area (Å²) in [6, 6.07) is 4.23. The van der Waals surface area contributed by atoms with Crippen LogP contribution in [0.3, 0.4) is 0 Å². The second-order valence-corrected chi connectivity index (χ2v) is 3.90. The van der Waals surface area contributed by atoms with Gasteiger partial charge in [-0.15, -0.1) is 0 Å². The Morgan fingerprint density at radius 2 is 1.62 bits per heavy atom. The minimum atomic E-state index is 0.579. The molecule has 2 heteroatoms. The van der Waals surface area contributed by atoms with Crippen LogP contribution >= 0.6 is 11.6 Å². The van der Waals surface area contributed by atoms with E-state index >= 15 is 0 Å². The number of rotatable bonds is 1. The maximum atomic E-state index is 5.75. The first-order valence-electron chi connectivity index (χ1n) is 4.29. The first kappa shape index (κ1) is 10.3. The van der Waals surface area contributed by atoms with Crippen molar-refractivity contribution >= 4 is 22.5 Å². The maximum Gasteiger partial charge on any atom is 0.103 e. The highest BCUT2D eigenvalue weighted by molar-refractivity contribution is 6.65. The van der Waals surface area contributed by atoms with Crippen LogP contribution < -0.4 is 0 Å². The lowest BCUT2D eigenvalue weighted by Gasteiger charge is -2.06. The minimum absolute atomic E-state index is 0.579. The van der Waals surface area contributed by atoms with Gasteiger partial charge in [-0.05, 0) is 38.8 Å². The van der Waals surface area contributed by atoms with Crippen LogP contribution in [0.1, 0.15) is 23.6 Å². The molecule has 1 nitrogen and oxygen atoms in total. The molecule has 0 fully saturated rings. The third-order valence-corrected chi connectivity index (χ3v) is 1.99. The van der Waals surface area contributed by atoms with E-state index in [0.29, 0.717) is 5.17 Å². The van der Waals surface area contributed by atoms with E-state index in [1.165, 1.54) is 16.7 Å². The maximum absolute atomic E-state index is 5.75. The summed E-state index contributed by atoms with van der Waals surface area (Å²) < 4.78 is 0. The Bertz CT molecular complexity index is 326. The van der Waals surface area contributed by atoms with E-state index in [0.717, 1.165) is 5.69 Å². The van der Waals surface area contributed by atoms with Crippen molar-refractivity contribution in [2.24, 2.45) is 4.99 Å². The Morgan fingerprint density at radius 1 is 1.15 bits per heavy atom. The quantitative estimate of drug-likeness (QED) is 0.603. The van der Waals surface area contributed by atoms with E-state index in [1.54, 1.807) is 6.92 Å². The van der Waals surface area contributed by atoms with Crippen LogP contribution in [0.25, 0.3) is 0 Å². The Hall–Kier alpha value is -0.820. The molecule has 0 heterocycles. The number of aliphatic imine (C=N–C) groups is 1. The molecule has 1 aromatic carbocycles. The number of hydrogen-bond acceptors (Lipinski definition) is 1. The highest BCUT2D eigenvalue weighted by Gasteiger charge is 2.01. The lowest BCUT2D eigenvalue weighted by Crippen LogP contribution is -1.85. The van der Waals surface area contributed by atoms with Gasteiger partial charge in [-0.1, -0.05) is 29.3 Å². The zero-order valence-corrected chi connectivity index (χ0v) is 9.24. The molecule has 0 aliphatic carbocycles. The van der Waals surface area contributed by atoms with Crippen LogP contribution in [0, 0.1) is 20.8 Å². The van der Waals surface area contributed by atoms with Gasteiger partial charge in [0, 0.05) is 0 Å². The van der Waals surface area contributed by atoms with Crippen LogP contribution in [0.15, 0.2) is 17.1 Å². The predicted molar refractivity (Wildman–Crippen MR) is 59.3 cm³/mol. The molecule has 0 aliphatic heterocycles. The van der Waals surface area contributed by atoms with Gasteiger partial charge in [0.1, 0.15) is 5.17 Å². The summed E-state index contributed by atoms with van der Waals surface area (Å²) in [6.45, 7) is 7.98. The van der Waals surface area contributed by atoms with Crippen molar-refractivity contribution in [2.45, 2.75) is 27.7 Å². The smallest absolute Gasteiger partial charge is 0.103 e. The van der Waals surface area contributed by atoms with Gasteiger partial charge in [0.05, 0.1) is 5.69 Å². The Balaban J connectivity index is 3.29. The van der Waals surface area contributed by atoms with E-state index in [1.807, 2.05) is 0 Å². The van der Waals surface area contributed by atoms with Gasteiger partial charge in [0.15, 0.2) is 0 Å². The van der Waals surface area contributed by atoms with Crippen molar-refractivity contribution in [2.75, 3.05) is 0 Å². The van der Waals surface area contributed by atoms with Crippen LogP contribution in [0.5, 0.6) is 0 Å². The van der Waals surface area contributed by atoms with Crippen molar-refractivity contribution < 1.29 is 0 Å². The highest BCUT2D eigenvalue weighted by Crippen LogP contribution is 2.25. The summed E-state index contributed by atoms with van der Waals surface area (Å²) in [5, 5.41) is 0.579. The van der Waals surface area contributed by atoms with E-state index < -0.39 is 0 Å². The summed E-state index contributed by atoms with van der Waals surface area (Å²) >= 11 is 5.75. The van der Waals surface area contributed by atoms with E-state index in [-0.39, 0.29) is 0 Å². The molecule has 0 N–H and O–H groups in total. The monoisotopic (exact) mass is 195 g/mol. The van der Waals surface area contributed by atoms with Crippen molar-refractivity contribution in [1.82, 2.24) is 0 Å². The number of aryl methyl sites for hydroxylation is 3. The Labute approximate surface area is 84.5 Å². The van der Waals surface area contributed by atoms with Crippen molar-refractivity contribution in [3.05, 3.63) is 28.8 Å². The molecule has 0 amide bonds. The lowest BCUT2D eigenvalue weighted by molar-refractivity contribution is 1.29. The number of hydrogen-bond donors (Lipinski definition) is 0. The van der Waals surface area contributed by atoms with E-state index in [9.17, 15) is 0 Å². The van der Waals surface area contributed by atoms with Gasteiger partial charge in [0.25, 0.3) is 0 Å². The SMILES string of the molecule is CC(Cl)=Nc1c(C)cc(C)cc1C. The van der Waals surface area contributed by atoms with Gasteiger partial charge in [-0.25, -0.2) is 4.99 Å². The second-order valence-electron chi connectivity index (χ2n) is 3.36. The van der Waals surface area contributed by atoms with Gasteiger partial charge < -0.3 is 0 Å². The molecule has 0 unspecified atom stereocenters. The first-order valence-corrected chi connectivity index (χ1v) is 4.67.